The average Bonchev–Trinajstić information content (AvgIpc) is 2.85. The van der Waals surface area contributed by atoms with Gasteiger partial charge in [0.1, 0.15) is 0 Å². The van der Waals surface area contributed by atoms with Gasteiger partial charge in [-0.2, -0.15) is 0 Å². The quantitative estimate of drug-likeness (QED) is 0.276. The topological polar surface area (TPSA) is 0 Å². The van der Waals surface area contributed by atoms with Crippen molar-refractivity contribution in [2.24, 2.45) is 5.92 Å². The Labute approximate surface area is 197 Å². The Morgan fingerprint density at radius 3 is 2.28 bits per heavy atom. The van der Waals surface area contributed by atoms with Crippen LogP contribution in [0.5, 0.6) is 0 Å². The molecule has 0 nitrogen and oxygen atoms in total. The molecule has 1 saturated carbocycles. The Bertz CT molecular complexity index is 848. The van der Waals surface area contributed by atoms with E-state index in [-0.39, 0.29) is 0 Å². The highest BCUT2D eigenvalue weighted by molar-refractivity contribution is 5.38. The summed E-state index contributed by atoms with van der Waals surface area (Å²) >= 11 is 0. The number of fused-ring (bicyclic) bond motifs is 1. The Morgan fingerprint density at radius 1 is 0.812 bits per heavy atom. The highest BCUT2D eigenvalue weighted by Gasteiger charge is 2.23. The third kappa shape index (κ3) is 6.15. The molecule has 0 heterocycles. The van der Waals surface area contributed by atoms with Gasteiger partial charge in [0.05, 0.1) is 0 Å². The molecule has 1 unspecified atom stereocenters. The van der Waals surface area contributed by atoms with Crippen LogP contribution in [-0.4, -0.2) is 0 Å². The predicted octanol–water partition coefficient (Wildman–Crippen LogP) is 9.32. The molecule has 0 spiro atoms. The van der Waals surface area contributed by atoms with Crippen LogP contribution >= 0.6 is 0 Å². The molecule has 0 amide bonds. The summed E-state index contributed by atoms with van der Waals surface area (Å²) in [5.74, 6) is 2.45. The van der Waals surface area contributed by atoms with Crippen LogP contribution in [0.3, 0.4) is 0 Å². The van der Waals surface area contributed by atoms with E-state index < -0.39 is 0 Å². The summed E-state index contributed by atoms with van der Waals surface area (Å²) < 4.78 is 0. The first-order chi connectivity index (χ1) is 15.8. The molecule has 2 aromatic rings. The van der Waals surface area contributed by atoms with Crippen LogP contribution in [0.1, 0.15) is 118 Å². The summed E-state index contributed by atoms with van der Waals surface area (Å²) in [6.07, 6.45) is 21.8. The van der Waals surface area contributed by atoms with Crippen molar-refractivity contribution in [1.82, 2.24) is 0 Å². The SMILES string of the molecule is C/C=C/CCC1CCC(c2ccc(C3CCc4cc(CCCCC)ccc4C3)cc2)CC1. The van der Waals surface area contributed by atoms with Gasteiger partial charge in [-0.25, -0.2) is 0 Å². The molecule has 0 aromatic heterocycles. The number of hydrogen-bond donors (Lipinski definition) is 0. The van der Waals surface area contributed by atoms with Crippen LogP contribution in [0.4, 0.5) is 0 Å². The maximum atomic E-state index is 2.51. The summed E-state index contributed by atoms with van der Waals surface area (Å²) in [6, 6.07) is 17.2. The van der Waals surface area contributed by atoms with Crippen LogP contribution < -0.4 is 0 Å². The minimum absolute atomic E-state index is 0.699. The van der Waals surface area contributed by atoms with Crippen molar-refractivity contribution < 1.29 is 0 Å². The van der Waals surface area contributed by atoms with Gasteiger partial charge in [-0.15, -0.1) is 0 Å². The molecule has 172 valence electrons. The fourth-order valence-electron chi connectivity index (χ4n) is 6.15. The molecule has 2 aliphatic rings. The largest absolute Gasteiger partial charge is 0.0917 e. The van der Waals surface area contributed by atoms with Crippen molar-refractivity contribution in [2.75, 3.05) is 0 Å². The minimum Gasteiger partial charge on any atom is -0.0917 e. The Balaban J connectivity index is 1.30. The summed E-state index contributed by atoms with van der Waals surface area (Å²) in [5.41, 5.74) is 7.93. The second kappa shape index (κ2) is 11.9. The molecule has 0 heteroatoms. The first-order valence-electron chi connectivity index (χ1n) is 13.6. The molecule has 1 fully saturated rings. The van der Waals surface area contributed by atoms with Crippen molar-refractivity contribution in [3.05, 3.63) is 82.4 Å². The van der Waals surface area contributed by atoms with Gasteiger partial charge in [-0.05, 0) is 123 Å². The molecule has 2 aromatic carbocycles. The van der Waals surface area contributed by atoms with Crippen LogP contribution in [0, 0.1) is 5.92 Å². The maximum absolute atomic E-state index is 2.51. The van der Waals surface area contributed by atoms with Crippen LogP contribution in [0.2, 0.25) is 0 Å². The van der Waals surface area contributed by atoms with E-state index in [4.69, 9.17) is 0 Å². The van der Waals surface area contributed by atoms with E-state index in [1.807, 2.05) is 0 Å². The van der Waals surface area contributed by atoms with Gasteiger partial charge >= 0.3 is 0 Å². The summed E-state index contributed by atoms with van der Waals surface area (Å²) in [6.45, 7) is 4.43. The van der Waals surface area contributed by atoms with Crippen LogP contribution in [0.25, 0.3) is 0 Å². The first-order valence-corrected chi connectivity index (χ1v) is 13.6. The lowest BCUT2D eigenvalue weighted by atomic mass is 9.76. The Kier molecular flexibility index (Phi) is 8.66. The molecule has 0 bridgehead atoms. The van der Waals surface area contributed by atoms with E-state index in [0.29, 0.717) is 5.92 Å². The van der Waals surface area contributed by atoms with E-state index in [2.05, 4.69) is 68.5 Å². The van der Waals surface area contributed by atoms with Gasteiger partial charge in [0.25, 0.3) is 0 Å². The lowest BCUT2D eigenvalue weighted by Crippen LogP contribution is -2.14. The predicted molar refractivity (Wildman–Crippen MR) is 140 cm³/mol. The Hall–Kier alpha value is -1.82. The number of aryl methyl sites for hydroxylation is 2. The number of benzene rings is 2. The van der Waals surface area contributed by atoms with E-state index in [0.717, 1.165) is 11.8 Å². The summed E-state index contributed by atoms with van der Waals surface area (Å²) in [7, 11) is 0. The molecule has 2 aliphatic carbocycles. The van der Waals surface area contributed by atoms with Gasteiger partial charge in [0.2, 0.25) is 0 Å². The van der Waals surface area contributed by atoms with E-state index in [1.165, 1.54) is 83.5 Å². The molecular formula is C32H44. The zero-order valence-electron chi connectivity index (χ0n) is 20.6. The highest BCUT2D eigenvalue weighted by atomic mass is 14.3. The first kappa shape index (κ1) is 23.3. The lowest BCUT2D eigenvalue weighted by Gasteiger charge is -2.29. The van der Waals surface area contributed by atoms with E-state index >= 15 is 0 Å². The van der Waals surface area contributed by atoms with Crippen LogP contribution in [0.15, 0.2) is 54.6 Å². The van der Waals surface area contributed by atoms with Gasteiger partial charge in [0, 0.05) is 0 Å². The molecule has 1 atom stereocenters. The molecule has 0 N–H and O–H groups in total. The summed E-state index contributed by atoms with van der Waals surface area (Å²) in [5, 5.41) is 0. The van der Waals surface area contributed by atoms with Gasteiger partial charge < -0.3 is 0 Å². The van der Waals surface area contributed by atoms with Crippen LogP contribution in [-0.2, 0) is 19.3 Å². The number of allylic oxidation sites excluding steroid dienone is 2. The molecule has 0 aliphatic heterocycles. The molecular weight excluding hydrogens is 384 g/mol. The van der Waals surface area contributed by atoms with E-state index in [1.54, 1.807) is 27.8 Å². The zero-order valence-corrected chi connectivity index (χ0v) is 20.6. The highest BCUT2D eigenvalue weighted by Crippen LogP contribution is 2.39. The van der Waals surface area contributed by atoms with Crippen molar-refractivity contribution >= 4 is 0 Å². The molecule has 0 radical (unpaired) electrons. The zero-order chi connectivity index (χ0) is 22.2. The van der Waals surface area contributed by atoms with Gasteiger partial charge in [-0.1, -0.05) is 74.4 Å². The monoisotopic (exact) mass is 428 g/mol. The summed E-state index contributed by atoms with van der Waals surface area (Å²) in [4.78, 5) is 0. The standard InChI is InChI=1S/C32H44/c1-3-5-7-9-25-11-14-27(15-12-25)28-17-19-29(20-18-28)31-22-21-30-23-26(10-8-6-4-2)13-16-32(30)24-31/h3,5,13,16-20,23,25,27,31H,4,6-12,14-15,21-22,24H2,1-2H3/b5-3+. The van der Waals surface area contributed by atoms with Gasteiger partial charge in [-0.3, -0.25) is 0 Å². The van der Waals surface area contributed by atoms with Crippen molar-refractivity contribution in [2.45, 2.75) is 109 Å². The second-order valence-electron chi connectivity index (χ2n) is 10.5. The molecule has 0 saturated heterocycles. The number of hydrogen-bond acceptors (Lipinski definition) is 0. The molecule has 32 heavy (non-hydrogen) atoms. The Morgan fingerprint density at radius 2 is 1.56 bits per heavy atom. The van der Waals surface area contributed by atoms with E-state index in [9.17, 15) is 0 Å². The normalized spacial score (nSPS) is 23.4. The smallest absolute Gasteiger partial charge is 0.0118 e. The maximum Gasteiger partial charge on any atom is -0.0118 e. The van der Waals surface area contributed by atoms with Crippen molar-refractivity contribution in [1.29, 1.82) is 0 Å². The third-order valence-corrected chi connectivity index (χ3v) is 8.27. The third-order valence-electron chi connectivity index (χ3n) is 8.27. The fraction of sp³-hybridized carbons (Fsp3) is 0.562. The number of unbranched alkanes of at least 4 members (excludes halogenated alkanes) is 2. The van der Waals surface area contributed by atoms with Gasteiger partial charge in [0.15, 0.2) is 0 Å². The molecule has 4 rings (SSSR count). The fourth-order valence-corrected chi connectivity index (χ4v) is 6.15. The minimum atomic E-state index is 0.699. The lowest BCUT2D eigenvalue weighted by molar-refractivity contribution is 0.312. The number of rotatable bonds is 9. The van der Waals surface area contributed by atoms with Crippen molar-refractivity contribution in [3.63, 3.8) is 0 Å². The second-order valence-corrected chi connectivity index (χ2v) is 10.5. The average molecular weight is 429 g/mol. The van der Waals surface area contributed by atoms with Crippen molar-refractivity contribution in [3.8, 4) is 0 Å².